The van der Waals surface area contributed by atoms with Gasteiger partial charge in [-0.05, 0) is 61.7 Å². The molecule has 5 nitrogen and oxygen atoms in total. The number of aromatic hydroxyl groups is 1. The molecule has 0 heterocycles. The highest BCUT2D eigenvalue weighted by Crippen LogP contribution is 2.34. The number of hydrogen-bond acceptors (Lipinski definition) is 3. The second kappa shape index (κ2) is 8.01. The molecule has 1 aliphatic rings. The predicted octanol–water partition coefficient (Wildman–Crippen LogP) is 2.89. The number of nitrogens with zero attached hydrogens (tertiary/aromatic N) is 1. The van der Waals surface area contributed by atoms with Crippen molar-refractivity contribution in [2.45, 2.75) is 31.2 Å². The number of phenolic OH excluding ortho intramolecular Hbond substituents is 1. The van der Waals surface area contributed by atoms with Crippen LogP contribution in [0.15, 0.2) is 48.5 Å². The normalized spacial score (nSPS) is 19.6. The summed E-state index contributed by atoms with van der Waals surface area (Å²) in [4.78, 5) is 14.5. The van der Waals surface area contributed by atoms with E-state index in [1.807, 2.05) is 44.4 Å². The van der Waals surface area contributed by atoms with Crippen LogP contribution in [0.1, 0.15) is 29.5 Å². The first-order valence-corrected chi connectivity index (χ1v) is 9.44. The van der Waals surface area contributed by atoms with Crippen molar-refractivity contribution in [3.8, 4) is 5.75 Å². The summed E-state index contributed by atoms with van der Waals surface area (Å²) in [6.45, 7) is 3.26. The van der Waals surface area contributed by atoms with Crippen molar-refractivity contribution >= 4 is 6.03 Å². The molecule has 1 aliphatic carbocycles. The van der Waals surface area contributed by atoms with Gasteiger partial charge < -0.3 is 20.6 Å². The lowest BCUT2D eigenvalue weighted by atomic mass is 9.94. The van der Waals surface area contributed by atoms with Gasteiger partial charge >= 0.3 is 6.03 Å². The third-order valence-electron chi connectivity index (χ3n) is 5.69. The Morgan fingerprint density at radius 2 is 1.81 bits per heavy atom. The molecule has 144 valence electrons. The molecule has 0 saturated heterocycles. The average molecular weight is 367 g/mol. The van der Waals surface area contributed by atoms with E-state index in [9.17, 15) is 9.90 Å². The maximum atomic E-state index is 12.3. The van der Waals surface area contributed by atoms with E-state index in [0.717, 1.165) is 18.4 Å². The van der Waals surface area contributed by atoms with Crippen molar-refractivity contribution in [2.24, 2.45) is 0 Å². The van der Waals surface area contributed by atoms with Gasteiger partial charge in [0.05, 0.1) is 0 Å². The molecule has 2 atom stereocenters. The first kappa shape index (κ1) is 19.2. The summed E-state index contributed by atoms with van der Waals surface area (Å²) in [5, 5.41) is 15.8. The fourth-order valence-corrected chi connectivity index (χ4v) is 3.77. The van der Waals surface area contributed by atoms with Crippen LogP contribution in [0.2, 0.25) is 0 Å². The highest BCUT2D eigenvalue weighted by atomic mass is 16.3. The summed E-state index contributed by atoms with van der Waals surface area (Å²) in [6.07, 6.45) is 1.67. The van der Waals surface area contributed by atoms with E-state index in [0.29, 0.717) is 18.8 Å². The summed E-state index contributed by atoms with van der Waals surface area (Å²) >= 11 is 0. The molecular formula is C22H29N3O2. The lowest BCUT2D eigenvalue weighted by Crippen LogP contribution is -2.55. The molecule has 0 aromatic heterocycles. The van der Waals surface area contributed by atoms with Gasteiger partial charge in [0.15, 0.2) is 0 Å². The molecule has 2 aromatic rings. The first-order valence-electron chi connectivity index (χ1n) is 9.44. The molecule has 0 spiro atoms. The molecule has 27 heavy (non-hydrogen) atoms. The van der Waals surface area contributed by atoms with Crippen molar-refractivity contribution < 1.29 is 9.90 Å². The number of fused-ring (bicyclic) bond motifs is 1. The number of hydrogen-bond donors (Lipinski definition) is 3. The molecule has 3 N–H and O–H groups in total. The predicted molar refractivity (Wildman–Crippen MR) is 108 cm³/mol. The lowest BCUT2D eigenvalue weighted by molar-refractivity contribution is 0.158. The summed E-state index contributed by atoms with van der Waals surface area (Å²) in [5.41, 5.74) is 3.44. The lowest BCUT2D eigenvalue weighted by Gasteiger charge is -2.36. The number of likely N-dealkylation sites (N-methyl/N-ethyl adjacent to an activating group) is 1. The fraction of sp³-hybridized carbons (Fsp3) is 0.409. The minimum absolute atomic E-state index is 0.141. The van der Waals surface area contributed by atoms with Crippen LogP contribution in [0.4, 0.5) is 4.79 Å². The van der Waals surface area contributed by atoms with Crippen molar-refractivity contribution in [3.63, 3.8) is 0 Å². The van der Waals surface area contributed by atoms with Gasteiger partial charge in [0.25, 0.3) is 0 Å². The summed E-state index contributed by atoms with van der Waals surface area (Å²) < 4.78 is 0. The van der Waals surface area contributed by atoms with Crippen LogP contribution in [-0.2, 0) is 12.8 Å². The molecule has 3 rings (SSSR count). The highest BCUT2D eigenvalue weighted by molar-refractivity contribution is 5.74. The Morgan fingerprint density at radius 3 is 2.52 bits per heavy atom. The van der Waals surface area contributed by atoms with E-state index in [4.69, 9.17) is 0 Å². The second-order valence-electron chi connectivity index (χ2n) is 7.80. The maximum absolute atomic E-state index is 12.3. The Balaban J connectivity index is 1.55. The van der Waals surface area contributed by atoms with Crippen LogP contribution in [0.3, 0.4) is 0 Å². The number of phenols is 1. The van der Waals surface area contributed by atoms with Gasteiger partial charge in [-0.2, -0.15) is 0 Å². The van der Waals surface area contributed by atoms with Crippen LogP contribution in [0.5, 0.6) is 5.75 Å². The third-order valence-corrected chi connectivity index (χ3v) is 5.69. The van der Waals surface area contributed by atoms with Crippen LogP contribution in [0.25, 0.3) is 0 Å². The first-order chi connectivity index (χ1) is 12.9. The average Bonchev–Trinajstić information content (AvgIpc) is 3.04. The van der Waals surface area contributed by atoms with E-state index in [2.05, 4.69) is 34.6 Å². The number of carbonyl (C=O) groups is 1. The van der Waals surface area contributed by atoms with Crippen molar-refractivity contribution in [3.05, 3.63) is 65.2 Å². The number of carbonyl (C=O) groups excluding carboxylic acids is 1. The molecule has 2 aromatic carbocycles. The summed E-state index contributed by atoms with van der Waals surface area (Å²) in [6, 6.07) is 15.6. The molecule has 0 fully saturated rings. The largest absolute Gasteiger partial charge is 0.508 e. The quantitative estimate of drug-likeness (QED) is 0.736. The monoisotopic (exact) mass is 367 g/mol. The maximum Gasteiger partial charge on any atom is 0.314 e. The van der Waals surface area contributed by atoms with Crippen LogP contribution in [-0.4, -0.2) is 48.8 Å². The summed E-state index contributed by atoms with van der Waals surface area (Å²) in [5.74, 6) is 0.558. The van der Waals surface area contributed by atoms with Gasteiger partial charge in [-0.1, -0.05) is 43.3 Å². The number of nitrogens with one attached hydrogen (secondary N) is 2. The van der Waals surface area contributed by atoms with Gasteiger partial charge in [-0.3, -0.25) is 0 Å². The number of rotatable bonds is 6. The molecule has 5 heteroatoms. The zero-order chi connectivity index (χ0) is 19.4. The fourth-order valence-electron chi connectivity index (χ4n) is 3.77. The van der Waals surface area contributed by atoms with E-state index < -0.39 is 0 Å². The number of urea groups is 1. The van der Waals surface area contributed by atoms with Crippen LogP contribution < -0.4 is 10.6 Å². The summed E-state index contributed by atoms with van der Waals surface area (Å²) in [7, 11) is 4.09. The standard InChI is InChI=1S/C22H29N3O2/c1-16(17-7-5-4-6-8-17)14-23-21(27)24-15-22(25(2)3)12-18-9-10-20(26)11-19(18)13-22/h4-11,16,26H,12-15H2,1-3H3,(H2,23,24,27). The number of amides is 2. The highest BCUT2D eigenvalue weighted by Gasteiger charge is 2.39. The van der Waals surface area contributed by atoms with Crippen molar-refractivity contribution in [2.75, 3.05) is 27.2 Å². The second-order valence-corrected chi connectivity index (χ2v) is 7.80. The third kappa shape index (κ3) is 4.42. The van der Waals surface area contributed by atoms with E-state index in [1.54, 1.807) is 6.07 Å². The topological polar surface area (TPSA) is 64.6 Å². The number of benzene rings is 2. The smallest absolute Gasteiger partial charge is 0.314 e. The van der Waals surface area contributed by atoms with Gasteiger partial charge in [0.2, 0.25) is 0 Å². The van der Waals surface area contributed by atoms with Crippen molar-refractivity contribution in [1.29, 1.82) is 0 Å². The van der Waals surface area contributed by atoms with Crippen LogP contribution in [0, 0.1) is 0 Å². The van der Waals surface area contributed by atoms with Gasteiger partial charge in [-0.25, -0.2) is 4.79 Å². The molecule has 2 unspecified atom stereocenters. The Morgan fingerprint density at radius 1 is 1.11 bits per heavy atom. The Bertz CT molecular complexity index is 791. The molecule has 0 aliphatic heterocycles. The van der Waals surface area contributed by atoms with Gasteiger partial charge in [0, 0.05) is 18.6 Å². The van der Waals surface area contributed by atoms with Crippen LogP contribution >= 0.6 is 0 Å². The zero-order valence-electron chi connectivity index (χ0n) is 16.3. The van der Waals surface area contributed by atoms with Gasteiger partial charge in [-0.15, -0.1) is 0 Å². The Labute approximate surface area is 161 Å². The molecule has 2 amide bonds. The molecule has 0 saturated carbocycles. The zero-order valence-corrected chi connectivity index (χ0v) is 16.3. The molecule has 0 radical (unpaired) electrons. The molecule has 0 bridgehead atoms. The van der Waals surface area contributed by atoms with E-state index >= 15 is 0 Å². The SMILES string of the molecule is CC(CNC(=O)NCC1(N(C)C)Cc2ccc(O)cc2C1)c1ccccc1. The van der Waals surface area contributed by atoms with Gasteiger partial charge in [0.1, 0.15) is 5.75 Å². The van der Waals surface area contributed by atoms with E-state index in [1.165, 1.54) is 11.1 Å². The van der Waals surface area contributed by atoms with E-state index in [-0.39, 0.29) is 17.5 Å². The minimum atomic E-state index is -0.168. The van der Waals surface area contributed by atoms with Crippen molar-refractivity contribution in [1.82, 2.24) is 15.5 Å². The Kier molecular flexibility index (Phi) is 5.71. The Hall–Kier alpha value is -2.53. The minimum Gasteiger partial charge on any atom is -0.508 e. The molecular weight excluding hydrogens is 338 g/mol.